The minimum atomic E-state index is 0.317. The lowest BCUT2D eigenvalue weighted by Gasteiger charge is -2.22. The van der Waals surface area contributed by atoms with E-state index in [1.54, 1.807) is 5.56 Å². The van der Waals surface area contributed by atoms with E-state index in [2.05, 4.69) is 38.7 Å². The molecule has 1 heteroatoms. The summed E-state index contributed by atoms with van der Waals surface area (Å²) in [5.74, 6) is 0.761. The molecule has 13 heavy (non-hydrogen) atoms. The molecule has 1 aliphatic carbocycles. The van der Waals surface area contributed by atoms with Crippen LogP contribution < -0.4 is 0 Å². The van der Waals surface area contributed by atoms with Gasteiger partial charge in [-0.25, -0.2) is 0 Å². The molecule has 0 bridgehead atoms. The molecule has 0 saturated heterocycles. The normalized spacial score (nSPS) is 21.1. The van der Waals surface area contributed by atoms with Gasteiger partial charge in [0.15, 0.2) is 0 Å². The fourth-order valence-electron chi connectivity index (χ4n) is 1.98. The molecule has 1 atom stereocenters. The summed E-state index contributed by atoms with van der Waals surface area (Å²) in [6.07, 6.45) is 2.46. The molecule has 1 aromatic rings. The third kappa shape index (κ3) is 1.21. The summed E-state index contributed by atoms with van der Waals surface area (Å²) >= 11 is 0. The maximum atomic E-state index is 3.57. The fourth-order valence-corrected chi connectivity index (χ4v) is 1.98. The highest BCUT2D eigenvalue weighted by molar-refractivity contribution is 5.39. The SMILES string of the molecule is CCC(C)(C)c1cc2c([nH]1)C(C)C2. The third-order valence-electron chi connectivity index (χ3n) is 3.57. The van der Waals surface area contributed by atoms with E-state index in [0.29, 0.717) is 5.41 Å². The van der Waals surface area contributed by atoms with Crippen molar-refractivity contribution in [2.75, 3.05) is 0 Å². The van der Waals surface area contributed by atoms with Crippen LogP contribution >= 0.6 is 0 Å². The first-order valence-electron chi connectivity index (χ1n) is 5.27. The van der Waals surface area contributed by atoms with Gasteiger partial charge in [-0.3, -0.25) is 0 Å². The molecule has 1 aromatic heterocycles. The second kappa shape index (κ2) is 2.63. The smallest absolute Gasteiger partial charge is 0.0214 e. The molecule has 1 N–H and O–H groups in total. The first kappa shape index (κ1) is 8.86. The van der Waals surface area contributed by atoms with Gasteiger partial charge in [0.1, 0.15) is 0 Å². The van der Waals surface area contributed by atoms with Crippen molar-refractivity contribution in [2.24, 2.45) is 0 Å². The largest absolute Gasteiger partial charge is 0.361 e. The van der Waals surface area contributed by atoms with E-state index >= 15 is 0 Å². The topological polar surface area (TPSA) is 15.8 Å². The molecule has 0 spiro atoms. The van der Waals surface area contributed by atoms with E-state index in [1.807, 2.05) is 0 Å². The molecule has 0 radical (unpaired) electrons. The van der Waals surface area contributed by atoms with Gasteiger partial charge < -0.3 is 4.98 Å². The highest BCUT2D eigenvalue weighted by atomic mass is 14.8. The number of H-pyrrole nitrogens is 1. The second-order valence-corrected chi connectivity index (χ2v) is 4.96. The zero-order chi connectivity index (χ0) is 9.64. The van der Waals surface area contributed by atoms with Gasteiger partial charge in [-0.05, 0) is 24.5 Å². The third-order valence-corrected chi connectivity index (χ3v) is 3.57. The van der Waals surface area contributed by atoms with Crippen LogP contribution in [0.3, 0.4) is 0 Å². The van der Waals surface area contributed by atoms with E-state index < -0.39 is 0 Å². The summed E-state index contributed by atoms with van der Waals surface area (Å²) < 4.78 is 0. The van der Waals surface area contributed by atoms with E-state index in [1.165, 1.54) is 24.2 Å². The molecule has 1 nitrogen and oxygen atoms in total. The Balaban J connectivity index is 2.33. The lowest BCUT2D eigenvalue weighted by atomic mass is 9.83. The van der Waals surface area contributed by atoms with Crippen LogP contribution in [0.4, 0.5) is 0 Å². The molecule has 0 fully saturated rings. The van der Waals surface area contributed by atoms with Crippen LogP contribution in [-0.4, -0.2) is 4.98 Å². The zero-order valence-corrected chi connectivity index (χ0v) is 9.07. The Hall–Kier alpha value is -0.720. The minimum Gasteiger partial charge on any atom is -0.361 e. The van der Waals surface area contributed by atoms with Gasteiger partial charge in [-0.15, -0.1) is 0 Å². The van der Waals surface area contributed by atoms with Gasteiger partial charge >= 0.3 is 0 Å². The van der Waals surface area contributed by atoms with Crippen molar-refractivity contribution in [1.29, 1.82) is 0 Å². The first-order chi connectivity index (χ1) is 6.04. The molecule has 2 rings (SSSR count). The Morgan fingerprint density at radius 2 is 2.23 bits per heavy atom. The van der Waals surface area contributed by atoms with Gasteiger partial charge in [-0.2, -0.15) is 0 Å². The molecule has 72 valence electrons. The van der Waals surface area contributed by atoms with E-state index in [0.717, 1.165) is 5.92 Å². The van der Waals surface area contributed by atoms with Crippen LogP contribution in [0.5, 0.6) is 0 Å². The van der Waals surface area contributed by atoms with Gasteiger partial charge in [-0.1, -0.05) is 27.7 Å². The van der Waals surface area contributed by atoms with Crippen molar-refractivity contribution in [3.8, 4) is 0 Å². The Morgan fingerprint density at radius 1 is 1.54 bits per heavy atom. The minimum absolute atomic E-state index is 0.317. The molecule has 0 aromatic carbocycles. The Labute approximate surface area is 80.6 Å². The quantitative estimate of drug-likeness (QED) is 0.713. The summed E-state index contributed by atoms with van der Waals surface area (Å²) in [7, 11) is 0. The van der Waals surface area contributed by atoms with E-state index in [-0.39, 0.29) is 0 Å². The van der Waals surface area contributed by atoms with Crippen LogP contribution in [0.2, 0.25) is 0 Å². The lowest BCUT2D eigenvalue weighted by molar-refractivity contribution is 0.491. The standard InChI is InChI=1S/C12H19N/c1-5-12(3,4)10-7-9-6-8(2)11(9)13-10/h7-8,13H,5-6H2,1-4H3. The molecular formula is C12H19N. The van der Waals surface area contributed by atoms with Gasteiger partial charge in [0.25, 0.3) is 0 Å². The first-order valence-corrected chi connectivity index (χ1v) is 5.27. The molecule has 0 amide bonds. The maximum absolute atomic E-state index is 3.57. The van der Waals surface area contributed by atoms with Crippen molar-refractivity contribution < 1.29 is 0 Å². The molecule has 0 saturated carbocycles. The van der Waals surface area contributed by atoms with Gasteiger partial charge in [0.05, 0.1) is 0 Å². The average molecular weight is 177 g/mol. The maximum Gasteiger partial charge on any atom is 0.0214 e. The highest BCUT2D eigenvalue weighted by Crippen LogP contribution is 2.38. The van der Waals surface area contributed by atoms with Gasteiger partial charge in [0, 0.05) is 22.7 Å². The summed E-state index contributed by atoms with van der Waals surface area (Å²) in [6, 6.07) is 2.36. The number of hydrogen-bond donors (Lipinski definition) is 1. The zero-order valence-electron chi connectivity index (χ0n) is 9.07. The number of aromatic amines is 1. The summed E-state index contributed by atoms with van der Waals surface area (Å²) in [5.41, 5.74) is 4.77. The number of fused-ring (bicyclic) bond motifs is 1. The van der Waals surface area contributed by atoms with Crippen LogP contribution in [0.25, 0.3) is 0 Å². The number of nitrogens with one attached hydrogen (secondary N) is 1. The van der Waals surface area contributed by atoms with Crippen LogP contribution in [0, 0.1) is 0 Å². The lowest BCUT2D eigenvalue weighted by Crippen LogP contribution is -2.16. The Morgan fingerprint density at radius 3 is 2.69 bits per heavy atom. The van der Waals surface area contributed by atoms with Crippen LogP contribution in [0.1, 0.15) is 57.0 Å². The average Bonchev–Trinajstić information content (AvgIpc) is 2.43. The molecule has 1 unspecified atom stereocenters. The fraction of sp³-hybridized carbons (Fsp3) is 0.667. The molecular weight excluding hydrogens is 158 g/mol. The van der Waals surface area contributed by atoms with E-state index in [4.69, 9.17) is 0 Å². The van der Waals surface area contributed by atoms with Crippen molar-refractivity contribution >= 4 is 0 Å². The van der Waals surface area contributed by atoms with Gasteiger partial charge in [0.2, 0.25) is 0 Å². The van der Waals surface area contributed by atoms with E-state index in [9.17, 15) is 0 Å². The number of aromatic nitrogens is 1. The van der Waals surface area contributed by atoms with Crippen molar-refractivity contribution in [3.63, 3.8) is 0 Å². The number of rotatable bonds is 2. The summed E-state index contributed by atoms with van der Waals surface area (Å²) in [6.45, 7) is 9.16. The summed E-state index contributed by atoms with van der Waals surface area (Å²) in [5, 5.41) is 0. The Kier molecular flexibility index (Phi) is 1.79. The molecule has 1 aliphatic rings. The predicted octanol–water partition coefficient (Wildman–Crippen LogP) is 3.36. The van der Waals surface area contributed by atoms with Crippen molar-refractivity contribution in [3.05, 3.63) is 23.0 Å². The van der Waals surface area contributed by atoms with Crippen LogP contribution in [0.15, 0.2) is 6.07 Å². The second-order valence-electron chi connectivity index (χ2n) is 4.96. The predicted molar refractivity (Wildman–Crippen MR) is 56.2 cm³/mol. The van der Waals surface area contributed by atoms with Crippen molar-refractivity contribution in [1.82, 2.24) is 4.98 Å². The van der Waals surface area contributed by atoms with Crippen molar-refractivity contribution in [2.45, 2.75) is 51.9 Å². The monoisotopic (exact) mass is 177 g/mol. The number of hydrogen-bond acceptors (Lipinski definition) is 0. The Bertz CT molecular complexity index is 320. The molecule has 0 aliphatic heterocycles. The van der Waals surface area contributed by atoms with Crippen LogP contribution in [-0.2, 0) is 11.8 Å². The highest BCUT2D eigenvalue weighted by Gasteiger charge is 2.29. The summed E-state index contributed by atoms with van der Waals surface area (Å²) in [4.78, 5) is 3.57. The molecule has 1 heterocycles.